The summed E-state index contributed by atoms with van der Waals surface area (Å²) in [6.45, 7) is 11.2. The minimum Gasteiger partial charge on any atom is -0.399 e. The molecule has 1 aliphatic heterocycles. The molecule has 3 heteroatoms. The summed E-state index contributed by atoms with van der Waals surface area (Å²) >= 11 is 0. The molecule has 1 unspecified atom stereocenters. The van der Waals surface area contributed by atoms with E-state index >= 15 is 0 Å². The third-order valence-corrected chi connectivity index (χ3v) is 7.30. The quantitative estimate of drug-likeness (QED) is 0.712. The molecule has 2 aromatic rings. The third-order valence-electron chi connectivity index (χ3n) is 7.30. The van der Waals surface area contributed by atoms with E-state index in [1.165, 1.54) is 35.1 Å². The molecule has 2 aliphatic carbocycles. The van der Waals surface area contributed by atoms with Gasteiger partial charge in [0.05, 0.1) is 11.2 Å². The lowest BCUT2D eigenvalue weighted by Gasteiger charge is -2.36. The highest BCUT2D eigenvalue weighted by atomic mass is 16.7. The molecule has 0 amide bonds. The van der Waals surface area contributed by atoms with Crippen molar-refractivity contribution in [3.63, 3.8) is 0 Å². The molecule has 2 nitrogen and oxygen atoms in total. The Balaban J connectivity index is 1.51. The maximum absolute atomic E-state index is 6.58. The lowest BCUT2D eigenvalue weighted by Crippen LogP contribution is -2.45. The van der Waals surface area contributed by atoms with Crippen LogP contribution in [0.25, 0.3) is 11.1 Å². The Hall–Kier alpha value is -1.58. The molecule has 1 heterocycles. The van der Waals surface area contributed by atoms with Crippen LogP contribution in [0.5, 0.6) is 0 Å². The zero-order valence-electron chi connectivity index (χ0n) is 17.1. The van der Waals surface area contributed by atoms with E-state index in [9.17, 15) is 0 Å². The summed E-state index contributed by atoms with van der Waals surface area (Å²) in [5.74, 6) is 0.810. The van der Waals surface area contributed by atoms with Crippen LogP contribution in [0.15, 0.2) is 42.5 Å². The lowest BCUT2D eigenvalue weighted by atomic mass is 9.74. The molecule has 1 saturated heterocycles. The van der Waals surface area contributed by atoms with Crippen molar-refractivity contribution in [3.8, 4) is 11.1 Å². The first-order valence-corrected chi connectivity index (χ1v) is 10.3. The molecule has 1 saturated carbocycles. The highest BCUT2D eigenvalue weighted by molar-refractivity contribution is 6.62. The van der Waals surface area contributed by atoms with Crippen LogP contribution in [0, 0.1) is 5.92 Å². The summed E-state index contributed by atoms with van der Waals surface area (Å²) in [6.07, 6.45) is 3.77. The Labute approximate surface area is 163 Å². The smallest absolute Gasteiger partial charge is 0.399 e. The summed E-state index contributed by atoms with van der Waals surface area (Å²) in [5, 5.41) is 0. The first kappa shape index (κ1) is 17.5. The molecule has 5 rings (SSSR count). The van der Waals surface area contributed by atoms with Crippen molar-refractivity contribution < 1.29 is 9.31 Å². The number of fused-ring (bicyclic) bond motifs is 3. The van der Waals surface area contributed by atoms with Gasteiger partial charge >= 0.3 is 7.12 Å². The Kier molecular flexibility index (Phi) is 3.56. The predicted octanol–water partition coefficient (Wildman–Crippen LogP) is 5.07. The fourth-order valence-electron chi connectivity index (χ4n) is 4.97. The van der Waals surface area contributed by atoms with Crippen LogP contribution < -0.4 is 5.46 Å². The van der Waals surface area contributed by atoms with Gasteiger partial charge in [-0.1, -0.05) is 69.2 Å². The monoisotopic (exact) mass is 360 g/mol. The predicted molar refractivity (Wildman–Crippen MR) is 111 cm³/mol. The van der Waals surface area contributed by atoms with Crippen LogP contribution in [-0.2, 0) is 14.7 Å². The zero-order chi connectivity index (χ0) is 19.0. The second-order valence-electron chi connectivity index (χ2n) is 9.93. The average molecular weight is 360 g/mol. The highest BCUT2D eigenvalue weighted by Crippen LogP contribution is 2.49. The van der Waals surface area contributed by atoms with E-state index in [0.29, 0.717) is 0 Å². The molecular weight excluding hydrogens is 331 g/mol. The Morgan fingerprint density at radius 2 is 1.59 bits per heavy atom. The van der Waals surface area contributed by atoms with Crippen LogP contribution in [0.1, 0.15) is 65.0 Å². The van der Waals surface area contributed by atoms with Crippen molar-refractivity contribution in [2.45, 2.75) is 70.5 Å². The van der Waals surface area contributed by atoms with Crippen molar-refractivity contribution in [1.82, 2.24) is 0 Å². The van der Waals surface area contributed by atoms with Crippen molar-refractivity contribution in [2.75, 3.05) is 0 Å². The molecule has 3 aliphatic rings. The van der Waals surface area contributed by atoms with Crippen molar-refractivity contribution in [2.24, 2.45) is 5.92 Å². The van der Waals surface area contributed by atoms with E-state index in [1.54, 1.807) is 0 Å². The van der Waals surface area contributed by atoms with Crippen molar-refractivity contribution in [3.05, 3.63) is 53.6 Å². The summed E-state index contributed by atoms with van der Waals surface area (Å²) in [6, 6.07) is 15.5. The third kappa shape index (κ3) is 2.55. The molecule has 0 N–H and O–H groups in total. The molecule has 1 atom stereocenters. The van der Waals surface area contributed by atoms with Gasteiger partial charge in [0.15, 0.2) is 0 Å². The fourth-order valence-corrected chi connectivity index (χ4v) is 4.97. The molecule has 0 radical (unpaired) electrons. The van der Waals surface area contributed by atoms with E-state index in [1.807, 2.05) is 0 Å². The van der Waals surface area contributed by atoms with Crippen LogP contribution in [0.4, 0.5) is 0 Å². The second kappa shape index (κ2) is 5.49. The largest absolute Gasteiger partial charge is 0.494 e. The van der Waals surface area contributed by atoms with Crippen molar-refractivity contribution in [1.29, 1.82) is 0 Å². The van der Waals surface area contributed by atoms with Crippen LogP contribution in [0.2, 0.25) is 0 Å². The minimum atomic E-state index is -0.284. The molecular formula is C24H29BO2. The van der Waals surface area contributed by atoms with Crippen LogP contribution in [-0.4, -0.2) is 18.3 Å². The second-order valence-corrected chi connectivity index (χ2v) is 9.93. The molecule has 140 valence electrons. The number of benzene rings is 2. The van der Waals surface area contributed by atoms with Gasteiger partial charge in [-0.2, -0.15) is 0 Å². The topological polar surface area (TPSA) is 18.5 Å². The van der Waals surface area contributed by atoms with Gasteiger partial charge in [0.2, 0.25) is 0 Å². The normalized spacial score (nSPS) is 27.5. The van der Waals surface area contributed by atoms with E-state index in [-0.39, 0.29) is 23.7 Å². The van der Waals surface area contributed by atoms with Crippen LogP contribution in [0.3, 0.4) is 0 Å². The number of hydrogen-bond donors (Lipinski definition) is 0. The van der Waals surface area contributed by atoms with E-state index in [4.69, 9.17) is 9.31 Å². The molecule has 27 heavy (non-hydrogen) atoms. The summed E-state index contributed by atoms with van der Waals surface area (Å²) in [7, 11) is -0.284. The standard InChI is InChI=1S/C24H29BO2/c1-22(2)20-9-7-6-8-18(20)19-13-12-17(14-21(19)22)25-26-23(3,4)24(5,27-25)15-16-10-11-16/h6-9,12-14,16H,10-11,15H2,1-5H3. The highest BCUT2D eigenvalue weighted by Gasteiger charge is 2.56. The van der Waals surface area contributed by atoms with Gasteiger partial charge in [-0.05, 0) is 60.8 Å². The fraction of sp³-hybridized carbons (Fsp3) is 0.500. The molecule has 0 spiro atoms. The molecule has 0 aromatic heterocycles. The number of hydrogen-bond acceptors (Lipinski definition) is 2. The minimum absolute atomic E-state index is 0.00732. The van der Waals surface area contributed by atoms with E-state index in [0.717, 1.165) is 17.8 Å². The Morgan fingerprint density at radius 1 is 0.889 bits per heavy atom. The Bertz CT molecular complexity index is 912. The van der Waals surface area contributed by atoms with Gasteiger partial charge in [-0.3, -0.25) is 0 Å². The maximum atomic E-state index is 6.58. The summed E-state index contributed by atoms with van der Waals surface area (Å²) in [4.78, 5) is 0. The van der Waals surface area contributed by atoms with Gasteiger partial charge in [-0.25, -0.2) is 0 Å². The molecule has 2 fully saturated rings. The summed E-state index contributed by atoms with van der Waals surface area (Å²) < 4.78 is 13.0. The Morgan fingerprint density at radius 3 is 2.33 bits per heavy atom. The lowest BCUT2D eigenvalue weighted by molar-refractivity contribution is -0.0194. The molecule has 2 aromatic carbocycles. The van der Waals surface area contributed by atoms with Gasteiger partial charge in [0, 0.05) is 5.41 Å². The van der Waals surface area contributed by atoms with Crippen LogP contribution >= 0.6 is 0 Å². The van der Waals surface area contributed by atoms with Crippen molar-refractivity contribution >= 4 is 12.6 Å². The molecule has 0 bridgehead atoms. The van der Waals surface area contributed by atoms with Gasteiger partial charge in [0.1, 0.15) is 0 Å². The first-order chi connectivity index (χ1) is 12.7. The first-order valence-electron chi connectivity index (χ1n) is 10.3. The van der Waals surface area contributed by atoms with E-state index < -0.39 is 0 Å². The average Bonchev–Trinajstić information content (AvgIpc) is 3.35. The summed E-state index contributed by atoms with van der Waals surface area (Å²) in [5.41, 5.74) is 6.13. The number of rotatable bonds is 3. The van der Waals surface area contributed by atoms with Gasteiger partial charge < -0.3 is 9.31 Å². The van der Waals surface area contributed by atoms with Gasteiger partial charge in [0.25, 0.3) is 0 Å². The maximum Gasteiger partial charge on any atom is 0.494 e. The SMILES string of the molecule is CC1(C)c2ccccc2-c2ccc(B3OC(C)(C)C(C)(CC4CC4)O3)cc21. The van der Waals surface area contributed by atoms with Gasteiger partial charge in [-0.15, -0.1) is 0 Å². The zero-order valence-corrected chi connectivity index (χ0v) is 17.1. The van der Waals surface area contributed by atoms with E-state index in [2.05, 4.69) is 77.1 Å².